The summed E-state index contributed by atoms with van der Waals surface area (Å²) in [4.78, 5) is 4.33. The lowest BCUT2D eigenvalue weighted by molar-refractivity contribution is 0.470. The molecule has 2 aromatic rings. The predicted molar refractivity (Wildman–Crippen MR) is 74.2 cm³/mol. The molecule has 2 rings (SSSR count). The Morgan fingerprint density at radius 2 is 2.11 bits per heavy atom. The van der Waals surface area contributed by atoms with E-state index < -0.39 is 0 Å². The summed E-state index contributed by atoms with van der Waals surface area (Å²) in [5.41, 5.74) is 8.68. The molecule has 5 heteroatoms. The van der Waals surface area contributed by atoms with E-state index >= 15 is 0 Å². The fourth-order valence-electron chi connectivity index (χ4n) is 1.90. The molecule has 0 radical (unpaired) electrons. The molecular weight excluding hydrogens is 240 g/mol. The van der Waals surface area contributed by atoms with Crippen molar-refractivity contribution in [3.63, 3.8) is 0 Å². The normalized spacial score (nSPS) is 12.5. The molecule has 0 saturated heterocycles. The summed E-state index contributed by atoms with van der Waals surface area (Å²) >= 11 is 0. The van der Waals surface area contributed by atoms with Crippen molar-refractivity contribution in [2.75, 3.05) is 0 Å². The van der Waals surface area contributed by atoms with Gasteiger partial charge in [-0.3, -0.25) is 9.67 Å². The number of pyridine rings is 1. The summed E-state index contributed by atoms with van der Waals surface area (Å²) in [5.74, 6) is 1.49. The molecule has 102 valence electrons. The third-order valence-corrected chi connectivity index (χ3v) is 3.24. The first kappa shape index (κ1) is 13.5. The number of aromatic nitrogens is 3. The first-order valence-corrected chi connectivity index (χ1v) is 6.42. The standard InChI is InChI=1S/C14H20N4O/c1-5-12(15)13-7-6-11(8-16-13)19-14-9(2)17-18(4)10(14)3/h6-8,12H,5,15H2,1-4H3/t12-/m1/s1. The summed E-state index contributed by atoms with van der Waals surface area (Å²) in [6.07, 6.45) is 2.57. The highest BCUT2D eigenvalue weighted by Crippen LogP contribution is 2.27. The van der Waals surface area contributed by atoms with E-state index in [0.29, 0.717) is 5.75 Å². The van der Waals surface area contributed by atoms with Gasteiger partial charge in [-0.1, -0.05) is 6.92 Å². The lowest BCUT2D eigenvalue weighted by Crippen LogP contribution is -2.10. The number of nitrogens with zero attached hydrogens (tertiary/aromatic N) is 3. The summed E-state index contributed by atoms with van der Waals surface area (Å²) < 4.78 is 7.65. The Morgan fingerprint density at radius 3 is 2.58 bits per heavy atom. The molecule has 0 aliphatic heterocycles. The summed E-state index contributed by atoms with van der Waals surface area (Å²) in [6, 6.07) is 3.78. The molecule has 5 nitrogen and oxygen atoms in total. The van der Waals surface area contributed by atoms with E-state index in [2.05, 4.69) is 10.1 Å². The maximum Gasteiger partial charge on any atom is 0.171 e. The van der Waals surface area contributed by atoms with E-state index in [9.17, 15) is 0 Å². The van der Waals surface area contributed by atoms with E-state index in [-0.39, 0.29) is 6.04 Å². The van der Waals surface area contributed by atoms with Crippen LogP contribution in [0.15, 0.2) is 18.3 Å². The Bertz CT molecular complexity index is 560. The van der Waals surface area contributed by atoms with Gasteiger partial charge in [0.2, 0.25) is 0 Å². The van der Waals surface area contributed by atoms with E-state index in [1.165, 1.54) is 0 Å². The monoisotopic (exact) mass is 260 g/mol. The van der Waals surface area contributed by atoms with Crippen molar-refractivity contribution in [1.82, 2.24) is 14.8 Å². The first-order valence-electron chi connectivity index (χ1n) is 6.42. The number of hydrogen-bond acceptors (Lipinski definition) is 4. The minimum atomic E-state index is -0.0177. The molecule has 2 heterocycles. The van der Waals surface area contributed by atoms with E-state index in [0.717, 1.165) is 29.3 Å². The Balaban J connectivity index is 2.20. The molecule has 0 aliphatic carbocycles. The Labute approximate surface area is 113 Å². The molecule has 2 N–H and O–H groups in total. The molecule has 0 aliphatic rings. The highest BCUT2D eigenvalue weighted by atomic mass is 16.5. The van der Waals surface area contributed by atoms with E-state index in [1.807, 2.05) is 40.0 Å². The van der Waals surface area contributed by atoms with Gasteiger partial charge in [-0.05, 0) is 32.4 Å². The molecule has 0 fully saturated rings. The average molecular weight is 260 g/mol. The molecule has 0 bridgehead atoms. The number of hydrogen-bond donors (Lipinski definition) is 1. The fourth-order valence-corrected chi connectivity index (χ4v) is 1.90. The second kappa shape index (κ2) is 5.40. The van der Waals surface area contributed by atoms with Gasteiger partial charge < -0.3 is 10.5 Å². The Morgan fingerprint density at radius 1 is 1.37 bits per heavy atom. The number of nitrogens with two attached hydrogens (primary N) is 1. The third-order valence-electron chi connectivity index (χ3n) is 3.24. The second-order valence-electron chi connectivity index (χ2n) is 4.66. The average Bonchev–Trinajstić information content (AvgIpc) is 2.65. The molecule has 2 aromatic heterocycles. The maximum atomic E-state index is 5.93. The molecule has 1 atom stereocenters. The third kappa shape index (κ3) is 2.76. The molecule has 0 unspecified atom stereocenters. The van der Waals surface area contributed by atoms with Crippen LogP contribution in [-0.2, 0) is 7.05 Å². The van der Waals surface area contributed by atoms with Crippen molar-refractivity contribution in [3.8, 4) is 11.5 Å². The van der Waals surface area contributed by atoms with Crippen LogP contribution in [0.1, 0.15) is 36.5 Å². The quantitative estimate of drug-likeness (QED) is 0.917. The van der Waals surface area contributed by atoms with Crippen molar-refractivity contribution in [3.05, 3.63) is 35.4 Å². The van der Waals surface area contributed by atoms with Gasteiger partial charge in [-0.25, -0.2) is 0 Å². The van der Waals surface area contributed by atoms with Crippen LogP contribution < -0.4 is 10.5 Å². The lowest BCUT2D eigenvalue weighted by atomic mass is 10.1. The van der Waals surface area contributed by atoms with Gasteiger partial charge in [0.05, 0.1) is 17.6 Å². The zero-order valence-corrected chi connectivity index (χ0v) is 11.8. The number of rotatable bonds is 4. The summed E-state index contributed by atoms with van der Waals surface area (Å²) in [6.45, 7) is 5.94. The van der Waals surface area contributed by atoms with Crippen molar-refractivity contribution >= 4 is 0 Å². The SMILES string of the molecule is CC[C@@H](N)c1ccc(Oc2c(C)nn(C)c2C)cn1. The lowest BCUT2D eigenvalue weighted by Gasteiger charge is -2.09. The molecule has 0 spiro atoms. The maximum absolute atomic E-state index is 5.93. The van der Waals surface area contributed by atoms with Crippen LogP contribution in [0.3, 0.4) is 0 Å². The van der Waals surface area contributed by atoms with Gasteiger partial charge in [0, 0.05) is 13.1 Å². The zero-order chi connectivity index (χ0) is 14.0. The van der Waals surface area contributed by atoms with Gasteiger partial charge in [0.1, 0.15) is 11.4 Å². The number of aryl methyl sites for hydroxylation is 2. The second-order valence-corrected chi connectivity index (χ2v) is 4.66. The smallest absolute Gasteiger partial charge is 0.171 e. The fraction of sp³-hybridized carbons (Fsp3) is 0.429. The van der Waals surface area contributed by atoms with Crippen molar-refractivity contribution in [2.24, 2.45) is 12.8 Å². The van der Waals surface area contributed by atoms with Crippen LogP contribution in [-0.4, -0.2) is 14.8 Å². The zero-order valence-electron chi connectivity index (χ0n) is 11.8. The van der Waals surface area contributed by atoms with Crippen LogP contribution in [0.2, 0.25) is 0 Å². The van der Waals surface area contributed by atoms with Gasteiger partial charge in [-0.15, -0.1) is 0 Å². The Hall–Kier alpha value is -1.88. The van der Waals surface area contributed by atoms with Crippen molar-refractivity contribution in [1.29, 1.82) is 0 Å². The van der Waals surface area contributed by atoms with Crippen LogP contribution in [0.4, 0.5) is 0 Å². The largest absolute Gasteiger partial charge is 0.452 e. The summed E-state index contributed by atoms with van der Waals surface area (Å²) in [5, 5.41) is 4.32. The molecule has 0 saturated carbocycles. The minimum absolute atomic E-state index is 0.0177. The van der Waals surface area contributed by atoms with Crippen LogP contribution in [0.5, 0.6) is 11.5 Å². The molecule has 19 heavy (non-hydrogen) atoms. The Kier molecular flexibility index (Phi) is 3.85. The van der Waals surface area contributed by atoms with Crippen LogP contribution >= 0.6 is 0 Å². The van der Waals surface area contributed by atoms with E-state index in [4.69, 9.17) is 10.5 Å². The van der Waals surface area contributed by atoms with Gasteiger partial charge in [0.25, 0.3) is 0 Å². The highest BCUT2D eigenvalue weighted by Gasteiger charge is 2.12. The highest BCUT2D eigenvalue weighted by molar-refractivity contribution is 5.36. The molecule has 0 amide bonds. The van der Waals surface area contributed by atoms with Gasteiger partial charge in [-0.2, -0.15) is 5.10 Å². The van der Waals surface area contributed by atoms with Crippen LogP contribution in [0, 0.1) is 13.8 Å². The number of ether oxygens (including phenoxy) is 1. The molecule has 0 aromatic carbocycles. The van der Waals surface area contributed by atoms with Gasteiger partial charge in [0.15, 0.2) is 5.75 Å². The first-order chi connectivity index (χ1) is 9.02. The van der Waals surface area contributed by atoms with E-state index in [1.54, 1.807) is 10.9 Å². The molecular formula is C14H20N4O. The van der Waals surface area contributed by atoms with Crippen molar-refractivity contribution in [2.45, 2.75) is 33.2 Å². The topological polar surface area (TPSA) is 66.0 Å². The van der Waals surface area contributed by atoms with Gasteiger partial charge >= 0.3 is 0 Å². The summed E-state index contributed by atoms with van der Waals surface area (Å²) in [7, 11) is 1.90. The predicted octanol–water partition coefficient (Wildman–Crippen LogP) is 2.63. The van der Waals surface area contributed by atoms with Crippen LogP contribution in [0.25, 0.3) is 0 Å². The minimum Gasteiger partial charge on any atom is -0.452 e. The van der Waals surface area contributed by atoms with Crippen molar-refractivity contribution < 1.29 is 4.74 Å².